The van der Waals surface area contributed by atoms with Crippen molar-refractivity contribution < 1.29 is 32.7 Å². The summed E-state index contributed by atoms with van der Waals surface area (Å²) in [6.07, 6.45) is -3.29. The molecule has 2 aromatic rings. The lowest BCUT2D eigenvalue weighted by Crippen LogP contribution is -2.33. The average molecular weight is 477 g/mol. The molecule has 172 valence electrons. The fraction of sp³-hybridized carbons (Fsp3) is 0.182. The number of benzene rings is 2. The van der Waals surface area contributed by atoms with Gasteiger partial charge in [-0.15, -0.1) is 6.58 Å². The normalized spacial score (nSPS) is 17.3. The molecule has 0 aromatic heterocycles. The fourth-order valence-electron chi connectivity index (χ4n) is 2.96. The Balaban J connectivity index is 1.74. The molecule has 1 aliphatic rings. The molecule has 1 aliphatic heterocycles. The minimum atomic E-state index is -4.53. The molecule has 0 radical (unpaired) electrons. The molecule has 0 unspecified atom stereocenters. The van der Waals surface area contributed by atoms with E-state index in [1.807, 2.05) is 0 Å². The van der Waals surface area contributed by atoms with Crippen LogP contribution < -0.4 is 5.32 Å². The van der Waals surface area contributed by atoms with Crippen molar-refractivity contribution in [3.8, 4) is 0 Å². The Hall–Kier alpha value is -3.60. The highest BCUT2D eigenvalue weighted by Gasteiger charge is 2.39. The lowest BCUT2D eigenvalue weighted by molar-refractivity contribution is -0.137. The second-order valence-corrected chi connectivity index (χ2v) is 8.09. The topological polar surface area (TPSA) is 99.1 Å². The Morgan fingerprint density at radius 1 is 1.21 bits per heavy atom. The summed E-state index contributed by atoms with van der Waals surface area (Å²) in [5.74, 6) is -2.00. The van der Waals surface area contributed by atoms with Crippen molar-refractivity contribution in [3.63, 3.8) is 0 Å². The molecule has 1 fully saturated rings. The molecule has 1 atom stereocenters. The number of alkyl halides is 3. The summed E-state index contributed by atoms with van der Waals surface area (Å²) in [6, 6.07) is 9.94. The number of thioether (sulfide) groups is 1. The second kappa shape index (κ2) is 9.90. The number of hydrogen-bond acceptors (Lipinski definition) is 5. The second-order valence-electron chi connectivity index (χ2n) is 6.92. The zero-order valence-corrected chi connectivity index (χ0v) is 17.8. The molecule has 11 heteroatoms. The first-order chi connectivity index (χ1) is 15.6. The van der Waals surface area contributed by atoms with Gasteiger partial charge in [0, 0.05) is 18.7 Å². The molecule has 0 spiro atoms. The van der Waals surface area contributed by atoms with Gasteiger partial charge in [0.1, 0.15) is 5.25 Å². The number of aromatic carboxylic acids is 1. The third kappa shape index (κ3) is 6.01. The van der Waals surface area contributed by atoms with Gasteiger partial charge in [-0.2, -0.15) is 13.2 Å². The Bertz CT molecular complexity index is 1120. The Labute approximate surface area is 191 Å². The third-order valence-corrected chi connectivity index (χ3v) is 5.69. The lowest BCUT2D eigenvalue weighted by Gasteiger charge is -2.14. The average Bonchev–Trinajstić information content (AvgIpc) is 3.02. The van der Waals surface area contributed by atoms with Crippen LogP contribution >= 0.6 is 11.8 Å². The van der Waals surface area contributed by atoms with Crippen molar-refractivity contribution in [1.82, 2.24) is 4.90 Å². The number of amides is 2. The van der Waals surface area contributed by atoms with Gasteiger partial charge in [-0.25, -0.2) is 9.79 Å². The quantitative estimate of drug-likeness (QED) is 0.570. The summed E-state index contributed by atoms with van der Waals surface area (Å²) in [5, 5.41) is 10.9. The van der Waals surface area contributed by atoms with Gasteiger partial charge in [0.15, 0.2) is 5.17 Å². The minimum absolute atomic E-state index is 0.0257. The molecular weight excluding hydrogens is 459 g/mol. The van der Waals surface area contributed by atoms with Crippen LogP contribution in [0, 0.1) is 0 Å². The summed E-state index contributed by atoms with van der Waals surface area (Å²) in [7, 11) is 0. The van der Waals surface area contributed by atoms with Crippen molar-refractivity contribution >= 4 is 46.1 Å². The summed E-state index contributed by atoms with van der Waals surface area (Å²) < 4.78 is 38.9. The Morgan fingerprint density at radius 2 is 1.91 bits per heavy atom. The van der Waals surface area contributed by atoms with Gasteiger partial charge in [-0.1, -0.05) is 23.9 Å². The number of carboxylic acids is 1. The monoisotopic (exact) mass is 477 g/mol. The van der Waals surface area contributed by atoms with Gasteiger partial charge in [-0.3, -0.25) is 14.5 Å². The summed E-state index contributed by atoms with van der Waals surface area (Å²) in [5.41, 5.74) is -0.414. The summed E-state index contributed by atoms with van der Waals surface area (Å²) in [4.78, 5) is 41.6. The van der Waals surface area contributed by atoms with Crippen LogP contribution in [-0.4, -0.2) is 44.8 Å². The molecule has 33 heavy (non-hydrogen) atoms. The van der Waals surface area contributed by atoms with Gasteiger partial charge in [0.2, 0.25) is 11.8 Å². The molecule has 0 bridgehead atoms. The van der Waals surface area contributed by atoms with Crippen LogP contribution in [0.4, 0.5) is 24.5 Å². The van der Waals surface area contributed by atoms with Gasteiger partial charge in [0.25, 0.3) is 0 Å². The number of halogens is 3. The maximum atomic E-state index is 13.0. The molecular formula is C22H18F3N3O4S. The highest BCUT2D eigenvalue weighted by molar-refractivity contribution is 8.15. The molecule has 7 nitrogen and oxygen atoms in total. The Kier molecular flexibility index (Phi) is 7.22. The number of aliphatic imine (C=N–C) groups is 1. The Morgan fingerprint density at radius 3 is 2.52 bits per heavy atom. The maximum absolute atomic E-state index is 13.0. The number of carboxylic acid groups (broad SMARTS) is 1. The number of nitrogens with zero attached hydrogens (tertiary/aromatic N) is 2. The van der Waals surface area contributed by atoms with Gasteiger partial charge >= 0.3 is 12.1 Å². The predicted molar refractivity (Wildman–Crippen MR) is 118 cm³/mol. The van der Waals surface area contributed by atoms with Crippen LogP contribution in [0.15, 0.2) is 66.2 Å². The molecule has 1 heterocycles. The minimum Gasteiger partial charge on any atom is -0.478 e. The van der Waals surface area contributed by atoms with E-state index in [4.69, 9.17) is 5.11 Å². The van der Waals surface area contributed by atoms with Gasteiger partial charge in [0.05, 0.1) is 16.8 Å². The van der Waals surface area contributed by atoms with E-state index >= 15 is 0 Å². The zero-order valence-electron chi connectivity index (χ0n) is 17.0. The van der Waals surface area contributed by atoms with Crippen molar-refractivity contribution in [1.29, 1.82) is 0 Å². The highest BCUT2D eigenvalue weighted by atomic mass is 32.2. The molecule has 1 saturated heterocycles. The SMILES string of the molecule is C=CCN1C(=O)[C@@H](CC(=O)Nc2ccc(C(=O)O)cc2)SC1=Nc1cccc(C(F)(F)F)c1. The smallest absolute Gasteiger partial charge is 0.416 e. The van der Waals surface area contributed by atoms with E-state index in [-0.39, 0.29) is 29.4 Å². The number of amidine groups is 1. The number of carbonyl (C=O) groups is 3. The van der Waals surface area contributed by atoms with Crippen LogP contribution in [0.3, 0.4) is 0 Å². The van der Waals surface area contributed by atoms with E-state index in [0.29, 0.717) is 5.69 Å². The first-order valence-corrected chi connectivity index (χ1v) is 10.4. The lowest BCUT2D eigenvalue weighted by atomic mass is 10.2. The number of carbonyl (C=O) groups excluding carboxylic acids is 2. The summed E-state index contributed by atoms with van der Waals surface area (Å²) in [6.45, 7) is 3.66. The third-order valence-electron chi connectivity index (χ3n) is 4.52. The molecule has 2 N–H and O–H groups in total. The zero-order chi connectivity index (χ0) is 24.2. The van der Waals surface area contributed by atoms with Crippen LogP contribution in [0.5, 0.6) is 0 Å². The van der Waals surface area contributed by atoms with Crippen LogP contribution in [0.1, 0.15) is 22.3 Å². The number of hydrogen-bond donors (Lipinski definition) is 2. The number of nitrogens with one attached hydrogen (secondary N) is 1. The van der Waals surface area contributed by atoms with Gasteiger partial charge < -0.3 is 10.4 Å². The first-order valence-electron chi connectivity index (χ1n) is 9.56. The molecule has 2 aromatic carbocycles. The van der Waals surface area contributed by atoms with E-state index in [0.717, 1.165) is 23.9 Å². The van der Waals surface area contributed by atoms with E-state index < -0.39 is 34.8 Å². The number of rotatable bonds is 7. The van der Waals surface area contributed by atoms with E-state index in [1.54, 1.807) is 0 Å². The first kappa shape index (κ1) is 24.1. The molecule has 0 saturated carbocycles. The van der Waals surface area contributed by atoms with E-state index in [1.165, 1.54) is 47.4 Å². The standard InChI is InChI=1S/C22H18F3N3O4S/c1-2-10-28-19(30)17(12-18(29)26-15-8-6-13(7-9-15)20(31)32)33-21(28)27-16-5-3-4-14(11-16)22(23,24)25/h2-9,11,17H,1,10,12H2,(H,26,29)(H,31,32)/t17-/m1/s1. The van der Waals surface area contributed by atoms with Crippen molar-refractivity contribution in [2.75, 3.05) is 11.9 Å². The van der Waals surface area contributed by atoms with E-state index in [2.05, 4.69) is 16.9 Å². The summed E-state index contributed by atoms with van der Waals surface area (Å²) >= 11 is 0.979. The fourth-order valence-corrected chi connectivity index (χ4v) is 4.13. The van der Waals surface area contributed by atoms with Crippen molar-refractivity contribution in [3.05, 3.63) is 72.3 Å². The maximum Gasteiger partial charge on any atom is 0.416 e. The van der Waals surface area contributed by atoms with Crippen molar-refractivity contribution in [2.24, 2.45) is 4.99 Å². The molecule has 0 aliphatic carbocycles. The van der Waals surface area contributed by atoms with E-state index in [9.17, 15) is 27.6 Å². The van der Waals surface area contributed by atoms with Crippen LogP contribution in [0.2, 0.25) is 0 Å². The highest BCUT2D eigenvalue weighted by Crippen LogP contribution is 2.34. The predicted octanol–water partition coefficient (Wildman–Crippen LogP) is 4.55. The van der Waals surface area contributed by atoms with Crippen LogP contribution in [-0.2, 0) is 15.8 Å². The van der Waals surface area contributed by atoms with Gasteiger partial charge in [-0.05, 0) is 42.5 Å². The molecule has 2 amide bonds. The van der Waals surface area contributed by atoms with Crippen molar-refractivity contribution in [2.45, 2.75) is 17.8 Å². The number of anilines is 1. The largest absolute Gasteiger partial charge is 0.478 e. The van der Waals surface area contributed by atoms with Crippen LogP contribution in [0.25, 0.3) is 0 Å². The molecule has 3 rings (SSSR count).